The quantitative estimate of drug-likeness (QED) is 0.0813. The standard InChI is InChI=1S/C2H8B50N2OSi2/c3-29-42(27)50(46(35(13)14)36(15)16)56(1-53,49(41(25)26)45(33(9)10)34(11)12)55-57(2-54,51(43(28)31(5)6)47(37(17)18)38(19)20)52(44(30-4)32(7)8)48(39(21)22)40(23)24/h1-2,53-54H2. The Balaban J connectivity index is 10.1. The lowest BCUT2D eigenvalue weighted by molar-refractivity contribution is 0.597. The van der Waals surface area contributed by atoms with Crippen molar-refractivity contribution >= 4 is 371 Å². The molecule has 0 aromatic carbocycles. The summed E-state index contributed by atoms with van der Waals surface area (Å²) in [6.07, 6.45) is -30.5. The van der Waals surface area contributed by atoms with Crippen molar-refractivity contribution in [2.45, 2.75) is 0 Å². The van der Waals surface area contributed by atoms with Crippen molar-refractivity contribution in [1.29, 1.82) is 0 Å². The summed E-state index contributed by atoms with van der Waals surface area (Å²) >= 11 is 0. The lowest BCUT2D eigenvalue weighted by Gasteiger charge is -2.63. The van der Waals surface area contributed by atoms with Gasteiger partial charge in [0.25, 0.3) is 0 Å². The van der Waals surface area contributed by atoms with Gasteiger partial charge >= 0.3 is 0 Å². The molecule has 0 saturated heterocycles. The summed E-state index contributed by atoms with van der Waals surface area (Å²) in [5.74, 6) is 0. The predicted octanol–water partition coefficient (Wildman–Crippen LogP) is -21.0. The topological polar surface area (TPSA) is 61.3 Å². The molecule has 55 heteroatoms. The highest BCUT2D eigenvalue weighted by molar-refractivity contribution is 8.26. The minimum absolute atomic E-state index is 0.521. The fraction of sp³-hybridized carbons (Fsp3) is 1.00. The van der Waals surface area contributed by atoms with E-state index in [0.717, 1.165) is 14.1 Å². The van der Waals surface area contributed by atoms with Crippen molar-refractivity contribution in [2.24, 2.45) is 11.5 Å². The van der Waals surface area contributed by atoms with E-state index in [1.807, 2.05) is 0 Å². The van der Waals surface area contributed by atoms with E-state index in [2.05, 4.69) is 0 Å². The normalized spacial score (nSPS) is 12.2. The van der Waals surface area contributed by atoms with Crippen molar-refractivity contribution in [2.75, 3.05) is 12.3 Å². The van der Waals surface area contributed by atoms with Gasteiger partial charge in [-0.1, -0.05) is 0 Å². The van der Waals surface area contributed by atoms with Crippen LogP contribution in [0.1, 0.15) is 0 Å². The van der Waals surface area contributed by atoms with Crippen molar-refractivity contribution < 1.29 is 4.12 Å². The van der Waals surface area contributed by atoms with Gasteiger partial charge in [0, 0.05) is 330 Å². The van der Waals surface area contributed by atoms with Gasteiger partial charge < -0.3 is 15.6 Å². The number of nitrogens with two attached hydrogens (primary N) is 2. The van der Waals surface area contributed by atoms with Gasteiger partial charge in [-0.15, -0.1) is 0 Å². The van der Waals surface area contributed by atoms with E-state index in [9.17, 15) is 0 Å². The van der Waals surface area contributed by atoms with Crippen LogP contribution in [0.3, 0.4) is 0 Å². The molecule has 3 nitrogen and oxygen atoms in total. The Kier molecular flexibility index (Phi) is 29.0. The van der Waals surface area contributed by atoms with Crippen LogP contribution in [0.25, 0.3) is 0 Å². The van der Waals surface area contributed by atoms with Crippen molar-refractivity contribution in [3.05, 3.63) is 0 Å². The molecule has 0 bridgehead atoms. The second kappa shape index (κ2) is 27.3. The van der Waals surface area contributed by atoms with Crippen LogP contribution in [0.4, 0.5) is 0 Å². The highest BCUT2D eigenvalue weighted by Crippen LogP contribution is 2.31. The highest BCUT2D eigenvalue weighted by atomic mass is 28.4. The van der Waals surface area contributed by atoms with E-state index in [1.54, 1.807) is 0 Å². The fourth-order valence-corrected chi connectivity index (χ4v) is 24.4. The second-order valence-corrected chi connectivity index (χ2v) is 23.4. The number of hydrogen-bond acceptors (Lipinski definition) is 3. The zero-order valence-electron chi connectivity index (χ0n) is 32.8. The third kappa shape index (κ3) is 14.8. The molecule has 54 radical (unpaired) electrons. The first-order valence-corrected chi connectivity index (χ1v) is 23.0. The van der Waals surface area contributed by atoms with E-state index in [0.29, 0.717) is 0 Å². The summed E-state index contributed by atoms with van der Waals surface area (Å²) < 4.78 is 7.93. The van der Waals surface area contributed by atoms with Gasteiger partial charge in [-0.3, -0.25) is 0 Å². The van der Waals surface area contributed by atoms with Gasteiger partial charge in [0.1, 0.15) is 0 Å². The van der Waals surface area contributed by atoms with Crippen LogP contribution >= 0.6 is 0 Å². The van der Waals surface area contributed by atoms with Gasteiger partial charge in [0.05, 0.1) is 40.5 Å². The Morgan fingerprint density at radius 1 is 0.351 bits per heavy atom. The Labute approximate surface area is 395 Å². The number of hydrogen-bond donors (Lipinski definition) is 2. The van der Waals surface area contributed by atoms with Gasteiger partial charge in [0.2, 0.25) is 0 Å². The van der Waals surface area contributed by atoms with Crippen molar-refractivity contribution in [1.82, 2.24) is 0 Å². The van der Waals surface area contributed by atoms with Gasteiger partial charge in [-0.05, 0) is 12.3 Å². The van der Waals surface area contributed by atoms with Gasteiger partial charge in [-0.2, -0.15) is 0 Å². The molecule has 0 amide bonds. The van der Waals surface area contributed by atoms with Crippen molar-refractivity contribution in [3.63, 3.8) is 0 Å². The van der Waals surface area contributed by atoms with Gasteiger partial charge in [-0.25, -0.2) is 0 Å². The first-order valence-electron chi connectivity index (χ1n) is 18.4. The Hall–Kier alpha value is 3.56. The lowest BCUT2D eigenvalue weighted by Crippen LogP contribution is -2.98. The molecular formula is C2H8B50N2OSi2. The van der Waals surface area contributed by atoms with E-state index >= 15 is 0 Å². The zero-order chi connectivity index (χ0) is 45.2. The summed E-state index contributed by atoms with van der Waals surface area (Å²) in [4.78, 5) is 0. The summed E-state index contributed by atoms with van der Waals surface area (Å²) in [5, 5.41) is 0. The molecule has 0 saturated carbocycles. The highest BCUT2D eigenvalue weighted by Gasteiger charge is 2.67. The average Bonchev–Trinajstić information content (AvgIpc) is 3.07. The summed E-state index contributed by atoms with van der Waals surface area (Å²) in [7, 11) is 162. The zero-order valence-corrected chi connectivity index (χ0v) is 34.8. The third-order valence-corrected chi connectivity index (χ3v) is 23.4. The van der Waals surface area contributed by atoms with Crippen LogP contribution < -0.4 is 11.5 Å². The monoisotopic (exact) mass is 682 g/mol. The molecule has 190 valence electrons. The molecule has 0 aromatic heterocycles. The summed E-state index contributed by atoms with van der Waals surface area (Å²) in [6, 6.07) is 0. The molecule has 2 atom stereocenters. The first-order chi connectivity index (χ1) is 26.1. The van der Waals surface area contributed by atoms with Crippen LogP contribution in [-0.2, 0) is 4.12 Å². The summed E-state index contributed by atoms with van der Waals surface area (Å²) in [5.41, 5.74) is 14.0. The summed E-state index contributed by atoms with van der Waals surface area (Å²) in [6.45, 7) is 0. The maximum Gasteiger partial charge on any atom is 0.0882 e. The van der Waals surface area contributed by atoms with Crippen molar-refractivity contribution in [3.8, 4) is 0 Å². The Morgan fingerprint density at radius 3 is 0.895 bits per heavy atom. The SMILES string of the molecule is [B][B]B([B])B(B(B([B])[B])B([B])[B])[Si](CN)(O[Si](CN)(B(B([B])B([B])[B])B(B([B])[B])B([B])[B])B(B([B][B])B([B])[B])B(B([B])[B])B([B])[B])B(B([B])[B])B(B([B])[B])B([B])[B]. The number of rotatable bonds is 28. The van der Waals surface area contributed by atoms with E-state index in [1.165, 1.54) is 0 Å². The molecule has 0 heterocycles. The fourth-order valence-electron chi connectivity index (χ4n) is 9.12. The van der Waals surface area contributed by atoms with Gasteiger partial charge in [0.15, 0.2) is 0 Å². The van der Waals surface area contributed by atoms with Crippen LogP contribution in [0, 0.1) is 0 Å². The molecule has 0 aromatic rings. The van der Waals surface area contributed by atoms with Crippen LogP contribution in [0.2, 0.25) is 0 Å². The molecule has 0 rings (SSSR count). The second-order valence-electron chi connectivity index (χ2n) is 15.3. The van der Waals surface area contributed by atoms with E-state index < -0.39 is 168 Å². The minimum Gasteiger partial charge on any atom is -0.481 e. The lowest BCUT2D eigenvalue weighted by atomic mass is 8.54. The van der Waals surface area contributed by atoms with E-state index in [-0.39, 0.29) is 0 Å². The predicted molar refractivity (Wildman–Crippen MR) is 318 cm³/mol. The molecule has 0 aliphatic heterocycles. The maximum atomic E-state index is 7.93. The molecular weight excluding hydrogens is 665 g/mol. The molecule has 0 aliphatic carbocycles. The smallest absolute Gasteiger partial charge is 0.0882 e. The molecule has 2 unspecified atom stereocenters. The molecule has 4 N–H and O–H groups in total. The third-order valence-electron chi connectivity index (χ3n) is 11.5. The molecule has 0 fully saturated rings. The Bertz CT molecular complexity index is 1050. The van der Waals surface area contributed by atoms with Crippen LogP contribution in [-0.4, -0.2) is 383 Å². The largest absolute Gasteiger partial charge is 0.481 e. The van der Waals surface area contributed by atoms with E-state index in [4.69, 9.17) is 217 Å². The molecule has 57 heavy (non-hydrogen) atoms. The van der Waals surface area contributed by atoms with Crippen LogP contribution in [0.5, 0.6) is 0 Å². The minimum atomic E-state index is -4.78. The average molecular weight is 673 g/mol. The molecule has 0 spiro atoms. The Morgan fingerprint density at radius 2 is 0.649 bits per heavy atom. The molecule has 0 aliphatic rings. The van der Waals surface area contributed by atoms with Crippen LogP contribution in [0.15, 0.2) is 0 Å². The maximum absolute atomic E-state index is 7.93. The first kappa shape index (κ1) is 60.6.